The normalized spacial score (nSPS) is 11.7. The summed E-state index contributed by atoms with van der Waals surface area (Å²) >= 11 is 0. The van der Waals surface area contributed by atoms with Crippen LogP contribution in [0.25, 0.3) is 0 Å². The molecule has 0 bridgehead atoms. The average molecular weight is 376 g/mol. The molecule has 1 unspecified atom stereocenters. The van der Waals surface area contributed by atoms with Crippen molar-refractivity contribution < 1.29 is 23.8 Å². The smallest absolute Gasteiger partial charge is 0.257 e. The van der Waals surface area contributed by atoms with Crippen LogP contribution in [0.15, 0.2) is 42.5 Å². The van der Waals surface area contributed by atoms with Crippen LogP contribution in [0.3, 0.4) is 0 Å². The summed E-state index contributed by atoms with van der Waals surface area (Å²) in [7, 11) is 1.52. The molecule has 146 valence electrons. The first-order valence-electron chi connectivity index (χ1n) is 8.74. The molecule has 6 nitrogen and oxygen atoms in total. The van der Waals surface area contributed by atoms with E-state index in [1.807, 2.05) is 13.0 Å². The lowest BCUT2D eigenvalue weighted by Crippen LogP contribution is -2.28. The molecule has 0 heterocycles. The van der Waals surface area contributed by atoms with Crippen LogP contribution >= 0.6 is 0 Å². The van der Waals surface area contributed by atoms with Gasteiger partial charge in [0.25, 0.3) is 5.91 Å². The molecule has 0 saturated carbocycles. The number of amides is 1. The number of hydrogen-bond donors (Lipinski definition) is 3. The fourth-order valence-corrected chi connectivity index (χ4v) is 2.54. The van der Waals surface area contributed by atoms with E-state index in [9.17, 15) is 14.3 Å². The third-order valence-corrected chi connectivity index (χ3v) is 3.89. The lowest BCUT2D eigenvalue weighted by Gasteiger charge is -2.14. The molecule has 0 fully saturated rings. The van der Waals surface area contributed by atoms with Crippen LogP contribution in [-0.2, 0) is 11.3 Å². The van der Waals surface area contributed by atoms with Crippen molar-refractivity contribution in [3.05, 3.63) is 59.4 Å². The highest BCUT2D eigenvalue weighted by Crippen LogP contribution is 2.28. The van der Waals surface area contributed by atoms with Gasteiger partial charge in [0.1, 0.15) is 5.82 Å². The number of halogens is 1. The van der Waals surface area contributed by atoms with Gasteiger partial charge in [-0.1, -0.05) is 24.3 Å². The number of aliphatic hydroxyl groups excluding tert-OH is 1. The average Bonchev–Trinajstić information content (AvgIpc) is 2.67. The van der Waals surface area contributed by atoms with E-state index in [2.05, 4.69) is 10.6 Å². The predicted molar refractivity (Wildman–Crippen MR) is 100 cm³/mol. The van der Waals surface area contributed by atoms with Gasteiger partial charge in [0.15, 0.2) is 18.1 Å². The van der Waals surface area contributed by atoms with Crippen molar-refractivity contribution in [2.24, 2.45) is 0 Å². The van der Waals surface area contributed by atoms with Crippen LogP contribution in [0, 0.1) is 5.82 Å². The number of carbonyl (C=O) groups is 1. The van der Waals surface area contributed by atoms with Crippen molar-refractivity contribution in [3.63, 3.8) is 0 Å². The summed E-state index contributed by atoms with van der Waals surface area (Å²) in [6.07, 6.45) is -0.937. The second-order valence-electron chi connectivity index (χ2n) is 5.90. The molecular weight excluding hydrogens is 351 g/mol. The number of nitrogens with one attached hydrogen (secondary N) is 2. The van der Waals surface area contributed by atoms with Crippen LogP contribution < -0.4 is 20.1 Å². The van der Waals surface area contributed by atoms with Gasteiger partial charge in [-0.15, -0.1) is 0 Å². The van der Waals surface area contributed by atoms with Gasteiger partial charge >= 0.3 is 0 Å². The first kappa shape index (κ1) is 20.7. The topological polar surface area (TPSA) is 79.8 Å². The molecule has 7 heteroatoms. The number of methoxy groups -OCH3 is 1. The Morgan fingerprint density at radius 1 is 1.22 bits per heavy atom. The predicted octanol–water partition coefficient (Wildman–Crippen LogP) is 2.17. The van der Waals surface area contributed by atoms with E-state index in [4.69, 9.17) is 9.47 Å². The van der Waals surface area contributed by atoms with E-state index in [0.29, 0.717) is 24.6 Å². The van der Waals surface area contributed by atoms with Gasteiger partial charge in [0, 0.05) is 25.2 Å². The third kappa shape index (κ3) is 6.23. The van der Waals surface area contributed by atoms with Crippen molar-refractivity contribution in [3.8, 4) is 11.5 Å². The minimum atomic E-state index is -0.937. The summed E-state index contributed by atoms with van der Waals surface area (Å²) in [6, 6.07) is 11.5. The van der Waals surface area contributed by atoms with Crippen LogP contribution in [0.4, 0.5) is 4.39 Å². The number of benzene rings is 2. The van der Waals surface area contributed by atoms with Gasteiger partial charge in [-0.25, -0.2) is 4.39 Å². The molecule has 27 heavy (non-hydrogen) atoms. The monoisotopic (exact) mass is 376 g/mol. The van der Waals surface area contributed by atoms with E-state index in [-0.39, 0.29) is 24.6 Å². The number of hydrogen-bond acceptors (Lipinski definition) is 5. The maximum absolute atomic E-state index is 13.7. The summed E-state index contributed by atoms with van der Waals surface area (Å²) in [5.41, 5.74) is 1.16. The van der Waals surface area contributed by atoms with Gasteiger partial charge in [-0.3, -0.25) is 4.79 Å². The first-order valence-corrected chi connectivity index (χ1v) is 8.74. The highest BCUT2D eigenvalue weighted by Gasteiger charge is 2.12. The molecule has 0 aliphatic carbocycles. The third-order valence-electron chi connectivity index (χ3n) is 3.89. The molecule has 0 spiro atoms. The van der Waals surface area contributed by atoms with Crippen LogP contribution in [0.5, 0.6) is 11.5 Å². The second kappa shape index (κ2) is 10.5. The molecule has 2 aromatic rings. The highest BCUT2D eigenvalue weighted by molar-refractivity contribution is 5.77. The molecule has 0 aliphatic heterocycles. The summed E-state index contributed by atoms with van der Waals surface area (Å²) < 4.78 is 24.4. The first-order chi connectivity index (χ1) is 13.0. The Morgan fingerprint density at radius 3 is 2.70 bits per heavy atom. The summed E-state index contributed by atoms with van der Waals surface area (Å²) in [6.45, 7) is 2.96. The minimum absolute atomic E-state index is 0.0867. The Morgan fingerprint density at radius 2 is 2.00 bits per heavy atom. The number of ether oxygens (including phenoxy) is 2. The van der Waals surface area contributed by atoms with Crippen LogP contribution in [0.2, 0.25) is 0 Å². The largest absolute Gasteiger partial charge is 0.493 e. The number of aliphatic hydroxyl groups is 1. The second-order valence-corrected chi connectivity index (χ2v) is 5.90. The molecular formula is C20H25FN2O4. The van der Waals surface area contributed by atoms with E-state index in [1.165, 1.54) is 13.2 Å². The molecule has 0 aliphatic rings. The zero-order chi connectivity index (χ0) is 19.6. The molecule has 0 radical (unpaired) electrons. The zero-order valence-corrected chi connectivity index (χ0v) is 15.5. The SMILES string of the molecule is CCNC(=O)COc1ccc(CNCC(O)c2ccccc2F)cc1OC. The van der Waals surface area contributed by atoms with Crippen molar-refractivity contribution in [2.45, 2.75) is 19.6 Å². The summed E-state index contributed by atoms with van der Waals surface area (Å²) in [5, 5.41) is 15.8. The Labute approximate surface area is 158 Å². The van der Waals surface area contributed by atoms with Crippen LogP contribution in [0.1, 0.15) is 24.2 Å². The minimum Gasteiger partial charge on any atom is -0.493 e. The summed E-state index contributed by atoms with van der Waals surface area (Å²) in [4.78, 5) is 11.5. The zero-order valence-electron chi connectivity index (χ0n) is 15.5. The van der Waals surface area contributed by atoms with Gasteiger partial charge in [-0.05, 0) is 30.7 Å². The quantitative estimate of drug-likeness (QED) is 0.592. The Hall–Kier alpha value is -2.64. The Balaban J connectivity index is 1.89. The van der Waals surface area contributed by atoms with Crippen molar-refractivity contribution in [1.82, 2.24) is 10.6 Å². The standard InChI is InChI=1S/C20H25FN2O4/c1-3-23-20(25)13-27-18-9-8-14(10-19(18)26-2)11-22-12-17(24)15-6-4-5-7-16(15)21/h4-10,17,22,24H,3,11-13H2,1-2H3,(H,23,25). The molecule has 3 N–H and O–H groups in total. The van der Waals surface area contributed by atoms with Crippen molar-refractivity contribution >= 4 is 5.91 Å². The van der Waals surface area contributed by atoms with Crippen LogP contribution in [-0.4, -0.2) is 37.8 Å². The molecule has 0 aromatic heterocycles. The lowest BCUT2D eigenvalue weighted by atomic mass is 10.1. The number of carbonyl (C=O) groups excluding carboxylic acids is 1. The Kier molecular flexibility index (Phi) is 8.03. The number of rotatable bonds is 10. The van der Waals surface area contributed by atoms with Gasteiger partial charge < -0.3 is 25.2 Å². The van der Waals surface area contributed by atoms with E-state index < -0.39 is 11.9 Å². The van der Waals surface area contributed by atoms with Gasteiger partial charge in [0.05, 0.1) is 13.2 Å². The molecule has 1 amide bonds. The molecule has 0 saturated heterocycles. The fourth-order valence-electron chi connectivity index (χ4n) is 2.54. The van der Waals surface area contributed by atoms with Crippen molar-refractivity contribution in [2.75, 3.05) is 26.8 Å². The maximum atomic E-state index is 13.7. The molecule has 1 atom stereocenters. The molecule has 2 aromatic carbocycles. The fraction of sp³-hybridized carbons (Fsp3) is 0.350. The number of likely N-dealkylation sites (N-methyl/N-ethyl adjacent to an activating group) is 1. The van der Waals surface area contributed by atoms with Crippen molar-refractivity contribution in [1.29, 1.82) is 0 Å². The van der Waals surface area contributed by atoms with Gasteiger partial charge in [-0.2, -0.15) is 0 Å². The van der Waals surface area contributed by atoms with E-state index in [0.717, 1.165) is 5.56 Å². The molecule has 2 rings (SSSR count). The van der Waals surface area contributed by atoms with E-state index in [1.54, 1.807) is 30.3 Å². The van der Waals surface area contributed by atoms with Gasteiger partial charge in [0.2, 0.25) is 0 Å². The summed E-state index contributed by atoms with van der Waals surface area (Å²) in [5.74, 6) is 0.349. The Bertz CT molecular complexity index is 755. The highest BCUT2D eigenvalue weighted by atomic mass is 19.1. The lowest BCUT2D eigenvalue weighted by molar-refractivity contribution is -0.123. The maximum Gasteiger partial charge on any atom is 0.257 e. The van der Waals surface area contributed by atoms with E-state index >= 15 is 0 Å².